The first-order valence-corrected chi connectivity index (χ1v) is 7.89. The summed E-state index contributed by atoms with van der Waals surface area (Å²) in [6, 6.07) is 11.8. The van der Waals surface area contributed by atoms with Crippen molar-refractivity contribution >= 4 is 11.6 Å². The van der Waals surface area contributed by atoms with Crippen molar-refractivity contribution in [3.8, 4) is 5.88 Å². The number of nitrogens with one attached hydrogen (secondary N) is 1. The molecule has 0 radical (unpaired) electrons. The van der Waals surface area contributed by atoms with Gasteiger partial charge >= 0.3 is 0 Å². The second-order valence-corrected chi connectivity index (χ2v) is 5.36. The van der Waals surface area contributed by atoms with Crippen molar-refractivity contribution in [1.82, 2.24) is 4.98 Å². The Kier molecular flexibility index (Phi) is 6.41. The molecule has 2 rings (SSSR count). The zero-order chi connectivity index (χ0) is 16.5. The monoisotopic (exact) mass is 312 g/mol. The molecule has 2 aromatic rings. The molecule has 0 saturated carbocycles. The molecule has 0 bridgehead atoms. The van der Waals surface area contributed by atoms with Crippen molar-refractivity contribution < 1.29 is 4.74 Å². The van der Waals surface area contributed by atoms with Crippen LogP contribution in [0, 0.1) is 6.92 Å². The Labute approximate surface area is 137 Å². The molecule has 1 aromatic heterocycles. The quantitative estimate of drug-likeness (QED) is 0.466. The van der Waals surface area contributed by atoms with Gasteiger partial charge in [0.2, 0.25) is 5.88 Å². The molecule has 0 spiro atoms. The summed E-state index contributed by atoms with van der Waals surface area (Å²) >= 11 is 0. The third-order valence-electron chi connectivity index (χ3n) is 3.33. The minimum atomic E-state index is 0.372. The van der Waals surface area contributed by atoms with Gasteiger partial charge in [0.1, 0.15) is 0 Å². The van der Waals surface area contributed by atoms with E-state index in [0.717, 1.165) is 24.1 Å². The molecular weight excluding hydrogens is 288 g/mol. The lowest BCUT2D eigenvalue weighted by Crippen LogP contribution is -2.22. The van der Waals surface area contributed by atoms with E-state index in [2.05, 4.69) is 22.2 Å². The van der Waals surface area contributed by atoms with Gasteiger partial charge in [0.15, 0.2) is 5.96 Å². The Morgan fingerprint density at radius 1 is 1.26 bits per heavy atom. The van der Waals surface area contributed by atoms with E-state index >= 15 is 0 Å². The minimum absolute atomic E-state index is 0.372. The number of rotatable bonds is 7. The topological polar surface area (TPSA) is 72.5 Å². The second kappa shape index (κ2) is 8.78. The van der Waals surface area contributed by atoms with Gasteiger partial charge in [-0.25, -0.2) is 9.98 Å². The van der Waals surface area contributed by atoms with E-state index in [4.69, 9.17) is 10.5 Å². The molecule has 0 aliphatic heterocycles. The van der Waals surface area contributed by atoms with E-state index in [0.29, 0.717) is 25.0 Å². The second-order valence-electron chi connectivity index (χ2n) is 5.36. The number of pyridine rings is 1. The predicted octanol–water partition coefficient (Wildman–Crippen LogP) is 3.50. The van der Waals surface area contributed by atoms with E-state index in [1.165, 1.54) is 5.56 Å². The number of nitrogens with two attached hydrogens (primary N) is 1. The Hall–Kier alpha value is -2.56. The van der Waals surface area contributed by atoms with Crippen molar-refractivity contribution in [2.75, 3.05) is 11.9 Å². The van der Waals surface area contributed by atoms with Crippen LogP contribution in [-0.2, 0) is 6.54 Å². The standard InChI is InChI=1S/C18H24N4O/c1-3-4-12-23-17-15(6-5-11-20-17)13-21-18(19)22-16-9-7-14(2)8-10-16/h5-11H,3-4,12-13H2,1-2H3,(H3,19,21,22). The fraction of sp³-hybridized carbons (Fsp3) is 0.333. The number of benzene rings is 1. The van der Waals surface area contributed by atoms with Crippen LogP contribution in [0.2, 0.25) is 0 Å². The molecule has 0 amide bonds. The molecule has 0 atom stereocenters. The predicted molar refractivity (Wildman–Crippen MR) is 94.8 cm³/mol. The zero-order valence-corrected chi connectivity index (χ0v) is 13.7. The van der Waals surface area contributed by atoms with Gasteiger partial charge in [-0.05, 0) is 31.5 Å². The summed E-state index contributed by atoms with van der Waals surface area (Å²) in [5.74, 6) is 1.00. The number of hydrogen-bond donors (Lipinski definition) is 2. The van der Waals surface area contributed by atoms with Gasteiger partial charge in [-0.3, -0.25) is 0 Å². The van der Waals surface area contributed by atoms with Crippen molar-refractivity contribution in [1.29, 1.82) is 0 Å². The van der Waals surface area contributed by atoms with Gasteiger partial charge in [-0.15, -0.1) is 0 Å². The van der Waals surface area contributed by atoms with Crippen LogP contribution in [-0.4, -0.2) is 17.6 Å². The molecule has 0 fully saturated rings. The summed E-state index contributed by atoms with van der Waals surface area (Å²) in [6.07, 6.45) is 3.83. The summed E-state index contributed by atoms with van der Waals surface area (Å²) in [5, 5.41) is 3.08. The van der Waals surface area contributed by atoms with Crippen LogP contribution in [0.5, 0.6) is 5.88 Å². The summed E-state index contributed by atoms with van der Waals surface area (Å²) in [7, 11) is 0. The maximum atomic E-state index is 5.94. The fourth-order valence-corrected chi connectivity index (χ4v) is 1.98. The van der Waals surface area contributed by atoms with Crippen LogP contribution in [0.25, 0.3) is 0 Å². The highest BCUT2D eigenvalue weighted by molar-refractivity contribution is 5.92. The lowest BCUT2D eigenvalue weighted by Gasteiger charge is -2.09. The highest BCUT2D eigenvalue weighted by Crippen LogP contribution is 2.16. The SMILES string of the molecule is CCCCOc1ncccc1CN=C(N)Nc1ccc(C)cc1. The lowest BCUT2D eigenvalue weighted by molar-refractivity contribution is 0.294. The average Bonchev–Trinajstić information content (AvgIpc) is 2.56. The molecule has 5 nitrogen and oxygen atoms in total. The van der Waals surface area contributed by atoms with Crippen LogP contribution in [0.15, 0.2) is 47.6 Å². The number of hydrogen-bond acceptors (Lipinski definition) is 3. The van der Waals surface area contributed by atoms with Crippen LogP contribution in [0.1, 0.15) is 30.9 Å². The Morgan fingerprint density at radius 3 is 2.78 bits per heavy atom. The first-order valence-electron chi connectivity index (χ1n) is 7.89. The van der Waals surface area contributed by atoms with E-state index in [-0.39, 0.29) is 0 Å². The third-order valence-corrected chi connectivity index (χ3v) is 3.33. The largest absolute Gasteiger partial charge is 0.477 e. The molecule has 1 heterocycles. The summed E-state index contributed by atoms with van der Waals surface area (Å²) in [4.78, 5) is 8.63. The van der Waals surface area contributed by atoms with Gasteiger partial charge < -0.3 is 15.8 Å². The Bertz CT molecular complexity index is 638. The van der Waals surface area contributed by atoms with Gasteiger partial charge in [-0.2, -0.15) is 0 Å². The number of aliphatic imine (C=N–C) groups is 1. The lowest BCUT2D eigenvalue weighted by atomic mass is 10.2. The summed E-state index contributed by atoms with van der Waals surface area (Å²) < 4.78 is 5.70. The van der Waals surface area contributed by atoms with Crippen molar-refractivity contribution in [3.63, 3.8) is 0 Å². The molecule has 5 heteroatoms. The summed E-state index contributed by atoms with van der Waals surface area (Å²) in [5.41, 5.74) is 8.99. The van der Waals surface area contributed by atoms with E-state index in [9.17, 15) is 0 Å². The first-order chi connectivity index (χ1) is 11.2. The Balaban J connectivity index is 1.97. The molecule has 0 aliphatic rings. The van der Waals surface area contributed by atoms with Crippen molar-refractivity contribution in [3.05, 3.63) is 53.7 Å². The number of unbranched alkanes of at least 4 members (excludes halogenated alkanes) is 1. The van der Waals surface area contributed by atoms with Gasteiger partial charge in [0.25, 0.3) is 0 Å². The number of nitrogens with zero attached hydrogens (tertiary/aromatic N) is 2. The van der Waals surface area contributed by atoms with Crippen molar-refractivity contribution in [2.45, 2.75) is 33.2 Å². The number of ether oxygens (including phenoxy) is 1. The maximum absolute atomic E-state index is 5.94. The molecule has 0 aliphatic carbocycles. The molecular formula is C18H24N4O. The van der Waals surface area contributed by atoms with E-state index < -0.39 is 0 Å². The average molecular weight is 312 g/mol. The minimum Gasteiger partial charge on any atom is -0.477 e. The molecule has 1 aromatic carbocycles. The fourth-order valence-electron chi connectivity index (χ4n) is 1.98. The Morgan fingerprint density at radius 2 is 2.04 bits per heavy atom. The molecule has 3 N–H and O–H groups in total. The van der Waals surface area contributed by atoms with Gasteiger partial charge in [-0.1, -0.05) is 37.1 Å². The van der Waals surface area contributed by atoms with Gasteiger partial charge in [0.05, 0.1) is 13.2 Å². The number of guanidine groups is 1. The van der Waals surface area contributed by atoms with Crippen molar-refractivity contribution in [2.24, 2.45) is 10.7 Å². The van der Waals surface area contributed by atoms with Crippen LogP contribution >= 0.6 is 0 Å². The van der Waals surface area contributed by atoms with Crippen LogP contribution in [0.3, 0.4) is 0 Å². The maximum Gasteiger partial charge on any atom is 0.218 e. The molecule has 23 heavy (non-hydrogen) atoms. The first kappa shape index (κ1) is 16.8. The number of aryl methyl sites for hydroxylation is 1. The normalized spacial score (nSPS) is 11.3. The zero-order valence-electron chi connectivity index (χ0n) is 13.7. The highest BCUT2D eigenvalue weighted by Gasteiger charge is 2.04. The summed E-state index contributed by atoms with van der Waals surface area (Å²) in [6.45, 7) is 5.27. The smallest absolute Gasteiger partial charge is 0.218 e. The van der Waals surface area contributed by atoms with Crippen LogP contribution in [0.4, 0.5) is 5.69 Å². The van der Waals surface area contributed by atoms with E-state index in [1.54, 1.807) is 6.20 Å². The van der Waals surface area contributed by atoms with Gasteiger partial charge in [0, 0.05) is 17.4 Å². The number of anilines is 1. The molecule has 122 valence electrons. The molecule has 0 unspecified atom stereocenters. The highest BCUT2D eigenvalue weighted by atomic mass is 16.5. The third kappa shape index (κ3) is 5.62. The van der Waals surface area contributed by atoms with Crippen LogP contribution < -0.4 is 15.8 Å². The van der Waals surface area contributed by atoms with E-state index in [1.807, 2.05) is 43.3 Å². The molecule has 0 saturated heterocycles. The number of aromatic nitrogens is 1.